The fourth-order valence-corrected chi connectivity index (χ4v) is 4.04. The third kappa shape index (κ3) is 4.78. The summed E-state index contributed by atoms with van der Waals surface area (Å²) in [6.07, 6.45) is 13.6. The predicted octanol–water partition coefficient (Wildman–Crippen LogP) is 5.15. The molecule has 1 aromatic carbocycles. The first-order valence-corrected chi connectivity index (χ1v) is 10.5. The molecule has 0 bridgehead atoms. The zero-order valence-electron chi connectivity index (χ0n) is 16.4. The number of nitrogens with zero attached hydrogens (tertiary/aromatic N) is 2. The van der Waals surface area contributed by atoms with E-state index in [1.807, 2.05) is 36.7 Å². The van der Waals surface area contributed by atoms with Crippen molar-refractivity contribution in [2.24, 2.45) is 0 Å². The van der Waals surface area contributed by atoms with Crippen molar-refractivity contribution in [2.45, 2.75) is 51.4 Å². The van der Waals surface area contributed by atoms with Gasteiger partial charge in [-0.3, -0.25) is 9.97 Å². The number of pyridine rings is 2. The lowest BCUT2D eigenvalue weighted by molar-refractivity contribution is 0.288. The Hall–Kier alpha value is -2.68. The minimum absolute atomic E-state index is 0.886. The van der Waals surface area contributed by atoms with Crippen LogP contribution in [-0.2, 0) is 32.1 Å². The van der Waals surface area contributed by atoms with E-state index in [-0.39, 0.29) is 0 Å². The zero-order chi connectivity index (χ0) is 19.0. The second kappa shape index (κ2) is 9.50. The lowest BCUT2D eigenvalue weighted by atomic mass is 10.1. The first-order valence-electron chi connectivity index (χ1n) is 10.5. The number of hydrogen-bond acceptors (Lipinski definition) is 3. The van der Waals surface area contributed by atoms with Gasteiger partial charge >= 0.3 is 0 Å². The van der Waals surface area contributed by atoms with Crippen molar-refractivity contribution in [2.75, 3.05) is 6.61 Å². The summed E-state index contributed by atoms with van der Waals surface area (Å²) in [6.45, 7) is 0.886. The van der Waals surface area contributed by atoms with Crippen molar-refractivity contribution in [3.63, 3.8) is 0 Å². The molecule has 1 aliphatic heterocycles. The third-order valence-electron chi connectivity index (χ3n) is 5.51. The highest BCUT2D eigenvalue weighted by molar-refractivity contribution is 5.34. The van der Waals surface area contributed by atoms with Crippen LogP contribution in [0.5, 0.6) is 5.75 Å². The van der Waals surface area contributed by atoms with Gasteiger partial charge in [-0.05, 0) is 86.3 Å². The lowest BCUT2D eigenvalue weighted by Crippen LogP contribution is -2.07. The molecule has 0 saturated carbocycles. The van der Waals surface area contributed by atoms with E-state index in [0.717, 1.165) is 18.8 Å². The van der Waals surface area contributed by atoms with E-state index in [4.69, 9.17) is 4.74 Å². The monoisotopic (exact) mass is 372 g/mol. The average Bonchev–Trinajstić information content (AvgIpc) is 3.44. The summed E-state index contributed by atoms with van der Waals surface area (Å²) in [5.74, 6) is 1.08. The molecule has 0 spiro atoms. The predicted molar refractivity (Wildman–Crippen MR) is 113 cm³/mol. The van der Waals surface area contributed by atoms with E-state index >= 15 is 0 Å². The Morgan fingerprint density at radius 2 is 1.14 bits per heavy atom. The summed E-state index contributed by atoms with van der Waals surface area (Å²) in [4.78, 5) is 8.52. The first kappa shape index (κ1) is 18.7. The Morgan fingerprint density at radius 3 is 1.75 bits per heavy atom. The number of aryl methyl sites for hydroxylation is 5. The molecule has 3 heterocycles. The Bertz CT molecular complexity index is 786. The molecule has 0 N–H and O–H groups in total. The largest absolute Gasteiger partial charge is 0.493 e. The molecule has 3 nitrogen and oxygen atoms in total. The van der Waals surface area contributed by atoms with Crippen LogP contribution in [0.2, 0.25) is 0 Å². The van der Waals surface area contributed by atoms with Gasteiger partial charge in [-0.1, -0.05) is 30.3 Å². The fourth-order valence-electron chi connectivity index (χ4n) is 4.04. The van der Waals surface area contributed by atoms with E-state index in [1.54, 1.807) is 0 Å². The molecule has 0 radical (unpaired) electrons. The maximum atomic E-state index is 5.42. The van der Waals surface area contributed by atoms with Crippen molar-refractivity contribution in [3.05, 3.63) is 89.0 Å². The Labute approximate surface area is 167 Å². The summed E-state index contributed by atoms with van der Waals surface area (Å²) in [5.41, 5.74) is 6.90. The van der Waals surface area contributed by atoms with Crippen LogP contribution in [0.3, 0.4) is 0 Å². The van der Waals surface area contributed by atoms with Gasteiger partial charge in [0.1, 0.15) is 5.75 Å². The van der Waals surface area contributed by atoms with Crippen molar-refractivity contribution >= 4 is 0 Å². The maximum Gasteiger partial charge on any atom is 0.122 e. The van der Waals surface area contributed by atoms with Gasteiger partial charge in [-0.25, -0.2) is 0 Å². The third-order valence-corrected chi connectivity index (χ3v) is 5.51. The molecule has 0 unspecified atom stereocenters. The van der Waals surface area contributed by atoms with Gasteiger partial charge in [-0.15, -0.1) is 0 Å². The molecule has 6 rings (SSSR count). The number of hydrogen-bond donors (Lipinski definition) is 0. The smallest absolute Gasteiger partial charge is 0.122 e. The number of para-hydroxylation sites is 1. The number of benzene rings is 1. The minimum Gasteiger partial charge on any atom is -0.493 e. The zero-order valence-corrected chi connectivity index (χ0v) is 16.4. The Balaban J connectivity index is 0.000000103. The van der Waals surface area contributed by atoms with Gasteiger partial charge in [0.25, 0.3) is 0 Å². The molecular weight excluding hydrogens is 344 g/mol. The molecule has 3 aliphatic rings. The van der Waals surface area contributed by atoms with Crippen LogP contribution in [0.15, 0.2) is 60.9 Å². The van der Waals surface area contributed by atoms with E-state index < -0.39 is 0 Å². The summed E-state index contributed by atoms with van der Waals surface area (Å²) >= 11 is 0. The summed E-state index contributed by atoms with van der Waals surface area (Å²) in [7, 11) is 0. The van der Waals surface area contributed by atoms with E-state index in [2.05, 4.69) is 34.2 Å². The van der Waals surface area contributed by atoms with Gasteiger partial charge < -0.3 is 4.74 Å². The van der Waals surface area contributed by atoms with Crippen LogP contribution in [-0.4, -0.2) is 16.6 Å². The average molecular weight is 373 g/mol. The van der Waals surface area contributed by atoms with E-state index in [0.29, 0.717) is 0 Å². The van der Waals surface area contributed by atoms with Gasteiger partial charge in [0.05, 0.1) is 6.61 Å². The SMILES string of the molecule is c1ccc2c(c1)CCCO2.c1cnc2c(c1)CCC2.c1cnc2c(c1)CCC2. The van der Waals surface area contributed by atoms with Gasteiger partial charge in [0.2, 0.25) is 0 Å². The van der Waals surface area contributed by atoms with Gasteiger partial charge in [0.15, 0.2) is 0 Å². The Kier molecular flexibility index (Phi) is 6.33. The fraction of sp³-hybridized carbons (Fsp3) is 0.360. The maximum absolute atomic E-state index is 5.42. The van der Waals surface area contributed by atoms with E-state index in [9.17, 15) is 0 Å². The number of fused-ring (bicyclic) bond motifs is 3. The van der Waals surface area contributed by atoms with Crippen LogP contribution in [0.1, 0.15) is 47.3 Å². The molecule has 144 valence electrons. The molecule has 0 saturated heterocycles. The molecule has 0 fully saturated rings. The highest BCUT2D eigenvalue weighted by Gasteiger charge is 2.10. The molecule has 28 heavy (non-hydrogen) atoms. The van der Waals surface area contributed by atoms with Crippen molar-refractivity contribution in [1.82, 2.24) is 9.97 Å². The second-order valence-electron chi connectivity index (χ2n) is 7.49. The van der Waals surface area contributed by atoms with Crippen LogP contribution < -0.4 is 4.74 Å². The quantitative estimate of drug-likeness (QED) is 0.547. The van der Waals surface area contributed by atoms with Crippen LogP contribution in [0, 0.1) is 0 Å². The molecule has 0 amide bonds. The highest BCUT2D eigenvalue weighted by Crippen LogP contribution is 2.23. The molecular formula is C25H28N2O. The van der Waals surface area contributed by atoms with Crippen molar-refractivity contribution in [1.29, 1.82) is 0 Å². The molecule has 0 atom stereocenters. The first-order chi connectivity index (χ1) is 13.9. The molecule has 3 heteroatoms. The van der Waals surface area contributed by atoms with Crippen LogP contribution >= 0.6 is 0 Å². The number of ether oxygens (including phenoxy) is 1. The normalized spacial score (nSPS) is 15.6. The van der Waals surface area contributed by atoms with Crippen LogP contribution in [0.4, 0.5) is 0 Å². The summed E-state index contributed by atoms with van der Waals surface area (Å²) in [6, 6.07) is 16.6. The van der Waals surface area contributed by atoms with E-state index in [1.165, 1.54) is 73.0 Å². The number of aromatic nitrogens is 2. The standard InChI is InChI=1S/C9H10O.2C8H9N/c1-2-6-9-8(4-1)5-3-7-10-9;2*1-3-7-4-2-6-9-8(7)5-1/h1-2,4,6H,3,5,7H2;2*2,4,6H,1,3,5H2. The number of rotatable bonds is 0. The minimum atomic E-state index is 0.886. The van der Waals surface area contributed by atoms with Crippen molar-refractivity contribution < 1.29 is 4.74 Å². The molecule has 3 aromatic rings. The van der Waals surface area contributed by atoms with Crippen LogP contribution in [0.25, 0.3) is 0 Å². The topological polar surface area (TPSA) is 35.0 Å². The summed E-state index contributed by atoms with van der Waals surface area (Å²) < 4.78 is 5.42. The second-order valence-corrected chi connectivity index (χ2v) is 7.49. The Morgan fingerprint density at radius 1 is 0.571 bits per heavy atom. The summed E-state index contributed by atoms with van der Waals surface area (Å²) in [5, 5.41) is 0. The highest BCUT2D eigenvalue weighted by atomic mass is 16.5. The molecule has 2 aromatic heterocycles. The van der Waals surface area contributed by atoms with Crippen molar-refractivity contribution in [3.8, 4) is 5.75 Å². The molecule has 2 aliphatic carbocycles. The van der Waals surface area contributed by atoms with Gasteiger partial charge in [0, 0.05) is 23.8 Å². The lowest BCUT2D eigenvalue weighted by Gasteiger charge is -2.15. The van der Waals surface area contributed by atoms with Gasteiger partial charge in [-0.2, -0.15) is 0 Å².